The number of esters is 1. The number of carbonyl (C=O) groups excluding carboxylic acids is 2. The standard InChI is InChI=1S/C17H15ClF3N3O3S/c1-9-6-10(2)23-16(22-9)28-8-14(26)27-7-13(25)24-15-11(17(19,20)21)4-3-5-12(15)18/h3-6H,7-8H2,1-2H3,(H,24,25). The summed E-state index contributed by atoms with van der Waals surface area (Å²) >= 11 is 6.77. The van der Waals surface area contributed by atoms with Gasteiger partial charge in [0.05, 0.1) is 22.0 Å². The van der Waals surface area contributed by atoms with E-state index in [0.29, 0.717) is 5.16 Å². The molecular formula is C17H15ClF3N3O3S. The highest BCUT2D eigenvalue weighted by molar-refractivity contribution is 7.99. The lowest BCUT2D eigenvalue weighted by Gasteiger charge is -2.15. The van der Waals surface area contributed by atoms with Crippen molar-refractivity contribution in [3.8, 4) is 0 Å². The molecule has 1 N–H and O–H groups in total. The number of carbonyl (C=O) groups is 2. The Bertz CT molecular complexity index is 873. The molecule has 2 rings (SSSR count). The van der Waals surface area contributed by atoms with Gasteiger partial charge in [-0.1, -0.05) is 29.4 Å². The number of nitrogens with one attached hydrogen (secondary N) is 1. The van der Waals surface area contributed by atoms with Crippen LogP contribution in [0.25, 0.3) is 0 Å². The number of aryl methyl sites for hydroxylation is 2. The van der Waals surface area contributed by atoms with Gasteiger partial charge in [0.1, 0.15) is 0 Å². The summed E-state index contributed by atoms with van der Waals surface area (Å²) in [5, 5.41) is 2.13. The van der Waals surface area contributed by atoms with Crippen LogP contribution in [0.5, 0.6) is 0 Å². The molecule has 1 amide bonds. The van der Waals surface area contributed by atoms with E-state index in [1.165, 1.54) is 6.07 Å². The van der Waals surface area contributed by atoms with Crippen molar-refractivity contribution in [3.63, 3.8) is 0 Å². The molecule has 0 fully saturated rings. The fraction of sp³-hybridized carbons (Fsp3) is 0.294. The van der Waals surface area contributed by atoms with Crippen LogP contribution in [0.1, 0.15) is 17.0 Å². The van der Waals surface area contributed by atoms with Crippen molar-refractivity contribution in [2.45, 2.75) is 25.2 Å². The van der Waals surface area contributed by atoms with Crippen molar-refractivity contribution in [2.24, 2.45) is 0 Å². The molecule has 0 saturated heterocycles. The first-order chi connectivity index (χ1) is 13.1. The van der Waals surface area contributed by atoms with Crippen molar-refractivity contribution < 1.29 is 27.5 Å². The summed E-state index contributed by atoms with van der Waals surface area (Å²) in [6, 6.07) is 4.89. The normalized spacial score (nSPS) is 11.2. The quantitative estimate of drug-likeness (QED) is 0.420. The van der Waals surface area contributed by atoms with E-state index in [4.69, 9.17) is 16.3 Å². The van der Waals surface area contributed by atoms with E-state index in [1.807, 2.05) is 5.32 Å². The third-order valence-corrected chi connectivity index (χ3v) is 4.36. The van der Waals surface area contributed by atoms with E-state index in [0.717, 1.165) is 35.3 Å². The molecular weight excluding hydrogens is 419 g/mol. The summed E-state index contributed by atoms with van der Waals surface area (Å²) in [5.74, 6) is -1.84. The Hall–Kier alpha value is -2.33. The maximum atomic E-state index is 13.0. The van der Waals surface area contributed by atoms with Crippen LogP contribution in [-0.4, -0.2) is 34.2 Å². The molecule has 0 unspecified atom stereocenters. The molecule has 0 radical (unpaired) electrons. The lowest BCUT2D eigenvalue weighted by molar-refractivity contribution is -0.144. The van der Waals surface area contributed by atoms with E-state index in [2.05, 4.69) is 9.97 Å². The van der Waals surface area contributed by atoms with Crippen molar-refractivity contribution >= 4 is 40.9 Å². The summed E-state index contributed by atoms with van der Waals surface area (Å²) in [6.07, 6.45) is -4.70. The molecule has 28 heavy (non-hydrogen) atoms. The van der Waals surface area contributed by atoms with Gasteiger partial charge in [0.25, 0.3) is 5.91 Å². The molecule has 150 valence electrons. The number of hydrogen-bond acceptors (Lipinski definition) is 6. The Morgan fingerprint density at radius 2 is 1.86 bits per heavy atom. The highest BCUT2D eigenvalue weighted by atomic mass is 35.5. The summed E-state index contributed by atoms with van der Waals surface area (Å²) in [4.78, 5) is 31.9. The lowest BCUT2D eigenvalue weighted by atomic mass is 10.1. The summed E-state index contributed by atoms with van der Waals surface area (Å²) in [7, 11) is 0. The van der Waals surface area contributed by atoms with E-state index in [9.17, 15) is 22.8 Å². The second kappa shape index (κ2) is 9.24. The molecule has 0 saturated carbocycles. The van der Waals surface area contributed by atoms with Crippen LogP contribution in [-0.2, 0) is 20.5 Å². The third-order valence-electron chi connectivity index (χ3n) is 3.23. The molecule has 0 bridgehead atoms. The minimum absolute atomic E-state index is 0.157. The van der Waals surface area contributed by atoms with Gasteiger partial charge in [0.15, 0.2) is 11.8 Å². The molecule has 0 spiro atoms. The highest BCUT2D eigenvalue weighted by Gasteiger charge is 2.34. The van der Waals surface area contributed by atoms with Crippen molar-refractivity contribution in [2.75, 3.05) is 17.7 Å². The van der Waals surface area contributed by atoms with Crippen LogP contribution < -0.4 is 5.32 Å². The van der Waals surface area contributed by atoms with Crippen molar-refractivity contribution in [1.29, 1.82) is 0 Å². The average molecular weight is 434 g/mol. The number of ether oxygens (including phenoxy) is 1. The molecule has 2 aromatic rings. The Balaban J connectivity index is 1.90. The zero-order valence-corrected chi connectivity index (χ0v) is 16.3. The second-order valence-corrected chi connectivity index (χ2v) is 6.94. The van der Waals surface area contributed by atoms with Crippen LogP contribution in [0.4, 0.5) is 18.9 Å². The molecule has 1 aromatic heterocycles. The maximum absolute atomic E-state index is 13.0. The number of benzene rings is 1. The number of para-hydroxylation sites is 1. The topological polar surface area (TPSA) is 81.2 Å². The van der Waals surface area contributed by atoms with Gasteiger partial charge in [-0.3, -0.25) is 9.59 Å². The number of aromatic nitrogens is 2. The number of nitrogens with zero attached hydrogens (tertiary/aromatic N) is 2. The molecule has 1 heterocycles. The number of thioether (sulfide) groups is 1. The fourth-order valence-electron chi connectivity index (χ4n) is 2.13. The van der Waals surface area contributed by atoms with Crippen LogP contribution in [0.2, 0.25) is 5.02 Å². The molecule has 11 heteroatoms. The van der Waals surface area contributed by atoms with E-state index in [1.54, 1.807) is 19.9 Å². The van der Waals surface area contributed by atoms with Gasteiger partial charge in [0, 0.05) is 11.4 Å². The highest BCUT2D eigenvalue weighted by Crippen LogP contribution is 2.38. The number of amides is 1. The number of anilines is 1. The average Bonchev–Trinajstić information content (AvgIpc) is 2.58. The number of alkyl halides is 3. The Morgan fingerprint density at radius 1 is 1.21 bits per heavy atom. The largest absolute Gasteiger partial charge is 0.455 e. The Morgan fingerprint density at radius 3 is 2.46 bits per heavy atom. The minimum Gasteiger partial charge on any atom is -0.455 e. The van der Waals surface area contributed by atoms with Gasteiger partial charge in [-0.15, -0.1) is 0 Å². The number of rotatable bonds is 6. The first kappa shape index (κ1) is 22.0. The van der Waals surface area contributed by atoms with E-state index < -0.39 is 35.9 Å². The molecule has 0 atom stereocenters. The first-order valence-electron chi connectivity index (χ1n) is 7.82. The van der Waals surface area contributed by atoms with Gasteiger partial charge in [-0.25, -0.2) is 9.97 Å². The summed E-state index contributed by atoms with van der Waals surface area (Å²) in [5.41, 5.74) is -0.205. The van der Waals surface area contributed by atoms with Crippen LogP contribution in [0, 0.1) is 13.8 Å². The third kappa shape index (κ3) is 6.38. The molecule has 0 aliphatic rings. The molecule has 6 nitrogen and oxygen atoms in total. The van der Waals surface area contributed by atoms with Crippen molar-refractivity contribution in [1.82, 2.24) is 9.97 Å². The van der Waals surface area contributed by atoms with Gasteiger partial charge >= 0.3 is 12.1 Å². The molecule has 1 aromatic carbocycles. The number of hydrogen-bond donors (Lipinski definition) is 1. The predicted octanol–water partition coefficient (Wildman–Crippen LogP) is 4.04. The van der Waals surface area contributed by atoms with Gasteiger partial charge in [-0.2, -0.15) is 13.2 Å². The SMILES string of the molecule is Cc1cc(C)nc(SCC(=O)OCC(=O)Nc2c(Cl)cccc2C(F)(F)F)n1. The summed E-state index contributed by atoms with van der Waals surface area (Å²) in [6.45, 7) is 2.81. The van der Waals surface area contributed by atoms with Gasteiger partial charge < -0.3 is 10.1 Å². The predicted molar refractivity (Wildman–Crippen MR) is 98.3 cm³/mol. The molecule has 0 aliphatic heterocycles. The number of halogens is 4. The monoisotopic (exact) mass is 433 g/mol. The van der Waals surface area contributed by atoms with E-state index >= 15 is 0 Å². The van der Waals surface area contributed by atoms with E-state index in [-0.39, 0.29) is 10.8 Å². The maximum Gasteiger partial charge on any atom is 0.418 e. The van der Waals surface area contributed by atoms with Gasteiger partial charge in [0.2, 0.25) is 0 Å². The first-order valence-corrected chi connectivity index (χ1v) is 9.19. The lowest BCUT2D eigenvalue weighted by Crippen LogP contribution is -2.23. The fourth-order valence-corrected chi connectivity index (χ4v) is 3.10. The van der Waals surface area contributed by atoms with Crippen LogP contribution in [0.3, 0.4) is 0 Å². The molecule has 0 aliphatic carbocycles. The zero-order valence-electron chi connectivity index (χ0n) is 14.8. The van der Waals surface area contributed by atoms with Crippen LogP contribution >= 0.6 is 23.4 Å². The summed E-state index contributed by atoms with van der Waals surface area (Å²) < 4.78 is 43.8. The second-order valence-electron chi connectivity index (χ2n) is 5.59. The Kier molecular flexibility index (Phi) is 7.25. The zero-order chi connectivity index (χ0) is 20.9. The van der Waals surface area contributed by atoms with Gasteiger partial charge in [-0.05, 0) is 32.0 Å². The Labute approximate surface area is 167 Å². The van der Waals surface area contributed by atoms with Crippen molar-refractivity contribution in [3.05, 3.63) is 46.2 Å². The minimum atomic E-state index is -4.70. The smallest absolute Gasteiger partial charge is 0.418 e. The van der Waals surface area contributed by atoms with Crippen LogP contribution in [0.15, 0.2) is 29.4 Å².